The molecule has 0 bridgehead atoms. The first-order chi connectivity index (χ1) is 15.4. The quantitative estimate of drug-likeness (QED) is 0.401. The first-order valence-corrected chi connectivity index (χ1v) is 12.4. The summed E-state index contributed by atoms with van der Waals surface area (Å²) in [7, 11) is -4.03. The molecule has 0 amide bonds. The van der Waals surface area contributed by atoms with Gasteiger partial charge in [-0.1, -0.05) is 48.0 Å². The van der Waals surface area contributed by atoms with Crippen LogP contribution in [0.1, 0.15) is 17.0 Å². The molecule has 0 atom stereocenters. The molecular formula is C24H21N3O3S2. The van der Waals surface area contributed by atoms with Crippen molar-refractivity contribution in [2.24, 2.45) is 0 Å². The number of para-hydroxylation sites is 1. The Hall–Kier alpha value is -3.36. The highest BCUT2D eigenvalue weighted by atomic mass is 32.2. The molecule has 0 spiro atoms. The highest BCUT2D eigenvalue weighted by molar-refractivity contribution is 7.98. The minimum atomic E-state index is -4.03. The second-order valence-corrected chi connectivity index (χ2v) is 9.73. The summed E-state index contributed by atoms with van der Waals surface area (Å²) in [5.41, 5.74) is 2.16. The van der Waals surface area contributed by atoms with Crippen LogP contribution in [0.2, 0.25) is 0 Å². The summed E-state index contributed by atoms with van der Waals surface area (Å²) in [5.74, 6) is 0.178. The van der Waals surface area contributed by atoms with Gasteiger partial charge in [0.1, 0.15) is 5.75 Å². The molecule has 4 rings (SSSR count). The van der Waals surface area contributed by atoms with E-state index in [1.165, 1.54) is 18.2 Å². The lowest BCUT2D eigenvalue weighted by molar-refractivity contribution is 0.476. The largest absolute Gasteiger partial charge is 0.507 e. The van der Waals surface area contributed by atoms with Crippen LogP contribution in [-0.4, -0.2) is 33.9 Å². The zero-order valence-corrected chi connectivity index (χ0v) is 19.1. The van der Waals surface area contributed by atoms with Crippen molar-refractivity contribution >= 4 is 33.9 Å². The fourth-order valence-electron chi connectivity index (χ4n) is 3.07. The van der Waals surface area contributed by atoms with Gasteiger partial charge in [-0.05, 0) is 61.2 Å². The van der Waals surface area contributed by atoms with Crippen LogP contribution in [0.5, 0.6) is 5.75 Å². The minimum absolute atomic E-state index is 0.0426. The molecule has 1 heterocycles. The van der Waals surface area contributed by atoms with Crippen molar-refractivity contribution in [1.82, 2.24) is 14.2 Å². The average Bonchev–Trinajstić information content (AvgIpc) is 3.23. The average molecular weight is 464 g/mol. The number of hydrogen-bond donors (Lipinski definition) is 1. The van der Waals surface area contributed by atoms with Crippen molar-refractivity contribution in [3.05, 3.63) is 89.7 Å². The molecule has 4 aromatic rings. The molecule has 0 saturated carbocycles. The van der Waals surface area contributed by atoms with Crippen LogP contribution in [0.3, 0.4) is 0 Å². The number of phenolic OH excluding ortho intramolecular Hbond substituents is 1. The maximum absolute atomic E-state index is 13.4. The molecule has 0 aliphatic rings. The van der Waals surface area contributed by atoms with Crippen molar-refractivity contribution in [3.63, 3.8) is 0 Å². The molecule has 0 aliphatic heterocycles. The predicted molar refractivity (Wildman–Crippen MR) is 128 cm³/mol. The molecule has 1 aromatic heterocycles. The van der Waals surface area contributed by atoms with Crippen molar-refractivity contribution in [2.75, 3.05) is 6.26 Å². The van der Waals surface area contributed by atoms with Gasteiger partial charge in [-0.2, -0.15) is 8.42 Å². The predicted octanol–water partition coefficient (Wildman–Crippen LogP) is 5.09. The van der Waals surface area contributed by atoms with E-state index >= 15 is 0 Å². The molecule has 0 fully saturated rings. The topological polar surface area (TPSA) is 85.1 Å². The first kappa shape index (κ1) is 21.9. The van der Waals surface area contributed by atoms with E-state index in [4.69, 9.17) is 0 Å². The number of aryl methyl sites for hydroxylation is 1. The zero-order valence-electron chi connectivity index (χ0n) is 17.5. The van der Waals surface area contributed by atoms with Crippen molar-refractivity contribution in [2.45, 2.75) is 16.7 Å². The number of hydrogen-bond acceptors (Lipinski definition) is 6. The number of nitrogens with zero attached hydrogens (tertiary/aromatic N) is 3. The number of benzene rings is 3. The molecular weight excluding hydrogens is 442 g/mol. The lowest BCUT2D eigenvalue weighted by Gasteiger charge is -2.08. The monoisotopic (exact) mass is 463 g/mol. The van der Waals surface area contributed by atoms with Crippen molar-refractivity contribution < 1.29 is 13.5 Å². The van der Waals surface area contributed by atoms with Gasteiger partial charge in [-0.3, -0.25) is 0 Å². The third kappa shape index (κ3) is 4.46. The normalized spacial score (nSPS) is 11.8. The molecule has 0 radical (unpaired) electrons. The Labute approximate surface area is 191 Å². The third-order valence-corrected chi connectivity index (χ3v) is 7.15. The van der Waals surface area contributed by atoms with Crippen LogP contribution >= 0.6 is 11.8 Å². The third-order valence-electron chi connectivity index (χ3n) is 4.83. The summed E-state index contributed by atoms with van der Waals surface area (Å²) in [6.07, 6.45) is 5.48. The lowest BCUT2D eigenvalue weighted by Crippen LogP contribution is -2.16. The Morgan fingerprint density at radius 3 is 2.28 bits per heavy atom. The highest BCUT2D eigenvalue weighted by Crippen LogP contribution is 2.30. The summed E-state index contributed by atoms with van der Waals surface area (Å²) in [6, 6.07) is 20.9. The molecule has 32 heavy (non-hydrogen) atoms. The Morgan fingerprint density at radius 2 is 1.62 bits per heavy atom. The zero-order chi connectivity index (χ0) is 22.7. The van der Waals surface area contributed by atoms with Gasteiger partial charge >= 0.3 is 0 Å². The summed E-state index contributed by atoms with van der Waals surface area (Å²) in [4.78, 5) is 5.66. The second-order valence-electron chi connectivity index (χ2n) is 7.08. The first-order valence-electron chi connectivity index (χ1n) is 9.78. The minimum Gasteiger partial charge on any atom is -0.507 e. The smallest absolute Gasteiger partial charge is 0.285 e. The van der Waals surface area contributed by atoms with Crippen LogP contribution in [0, 0.1) is 6.92 Å². The summed E-state index contributed by atoms with van der Waals surface area (Å²) >= 11 is 1.66. The van der Waals surface area contributed by atoms with E-state index in [0.29, 0.717) is 0 Å². The van der Waals surface area contributed by atoms with Gasteiger partial charge in [0.2, 0.25) is 0 Å². The van der Waals surface area contributed by atoms with Crippen LogP contribution in [0.4, 0.5) is 0 Å². The highest BCUT2D eigenvalue weighted by Gasteiger charge is 2.25. The molecule has 162 valence electrons. The molecule has 3 aromatic carbocycles. The van der Waals surface area contributed by atoms with Gasteiger partial charge in [0.15, 0.2) is 11.6 Å². The fraction of sp³-hybridized carbons (Fsp3) is 0.0833. The van der Waals surface area contributed by atoms with E-state index in [9.17, 15) is 13.5 Å². The van der Waals surface area contributed by atoms with Crippen LogP contribution < -0.4 is 0 Å². The SMILES string of the molecule is CSc1ccc(/C=C/c2nc(-c3ccccc3O)n(S(=O)(=O)c3ccc(C)cc3)n2)cc1. The maximum Gasteiger partial charge on any atom is 0.285 e. The second kappa shape index (κ2) is 9.02. The van der Waals surface area contributed by atoms with E-state index in [1.807, 2.05) is 43.5 Å². The van der Waals surface area contributed by atoms with Crippen molar-refractivity contribution in [1.29, 1.82) is 0 Å². The molecule has 6 nitrogen and oxygen atoms in total. The van der Waals surface area contributed by atoms with Gasteiger partial charge in [0, 0.05) is 4.90 Å². The fourth-order valence-corrected chi connectivity index (χ4v) is 4.72. The van der Waals surface area contributed by atoms with Gasteiger partial charge in [0.25, 0.3) is 10.0 Å². The Morgan fingerprint density at radius 1 is 0.938 bits per heavy atom. The summed E-state index contributed by atoms with van der Waals surface area (Å²) < 4.78 is 27.6. The van der Waals surface area contributed by atoms with Gasteiger partial charge in [-0.25, -0.2) is 4.98 Å². The molecule has 8 heteroatoms. The van der Waals surface area contributed by atoms with Crippen molar-refractivity contribution in [3.8, 4) is 17.1 Å². The van der Waals surface area contributed by atoms with E-state index in [0.717, 1.165) is 20.1 Å². The number of aromatic nitrogens is 3. The molecule has 0 saturated heterocycles. The van der Waals surface area contributed by atoms with Crippen LogP contribution in [0.25, 0.3) is 23.5 Å². The van der Waals surface area contributed by atoms with E-state index in [1.54, 1.807) is 48.2 Å². The lowest BCUT2D eigenvalue weighted by atomic mass is 10.2. The molecule has 1 N–H and O–H groups in total. The van der Waals surface area contributed by atoms with E-state index in [-0.39, 0.29) is 27.9 Å². The van der Waals surface area contributed by atoms with Crippen LogP contribution in [-0.2, 0) is 10.0 Å². The van der Waals surface area contributed by atoms with Gasteiger partial charge in [0.05, 0.1) is 10.5 Å². The van der Waals surface area contributed by atoms with Gasteiger partial charge in [-0.15, -0.1) is 20.9 Å². The number of phenols is 1. The Balaban J connectivity index is 1.81. The van der Waals surface area contributed by atoms with Gasteiger partial charge < -0.3 is 5.11 Å². The molecule has 0 unspecified atom stereocenters. The van der Waals surface area contributed by atoms with E-state index in [2.05, 4.69) is 10.1 Å². The molecule has 0 aliphatic carbocycles. The maximum atomic E-state index is 13.4. The number of rotatable bonds is 6. The Kier molecular flexibility index (Phi) is 6.16. The van der Waals surface area contributed by atoms with Crippen LogP contribution in [0.15, 0.2) is 82.6 Å². The summed E-state index contributed by atoms with van der Waals surface area (Å²) in [5, 5.41) is 14.6. The van der Waals surface area contributed by atoms with E-state index < -0.39 is 10.0 Å². The standard InChI is InChI=1S/C24H21N3O3S2/c1-17-7-14-20(15-8-17)32(29,30)27-24(21-5-3-4-6-22(21)28)25-23(26-27)16-11-18-9-12-19(31-2)13-10-18/h3-16,28H,1-2H3/b16-11+. The number of thioether (sulfide) groups is 1. The number of aromatic hydroxyl groups is 1. The Bertz CT molecular complexity index is 1380. The summed E-state index contributed by atoms with van der Waals surface area (Å²) in [6.45, 7) is 1.88.